The predicted octanol–water partition coefficient (Wildman–Crippen LogP) is 4.23. The van der Waals surface area contributed by atoms with Crippen molar-refractivity contribution in [3.8, 4) is 0 Å². The van der Waals surface area contributed by atoms with Gasteiger partial charge in [0.2, 0.25) is 0 Å². The summed E-state index contributed by atoms with van der Waals surface area (Å²) in [5.74, 6) is -0.232. The summed E-state index contributed by atoms with van der Waals surface area (Å²) < 4.78 is 19.1. The van der Waals surface area contributed by atoms with E-state index in [2.05, 4.69) is 10.3 Å². The fourth-order valence-electron chi connectivity index (χ4n) is 2.03. The largest absolute Gasteiger partial charge is 0.431 e. The zero-order chi connectivity index (χ0) is 14.7. The molecule has 0 radical (unpaired) electrons. The smallest absolute Gasteiger partial charge is 0.261 e. The summed E-state index contributed by atoms with van der Waals surface area (Å²) in [4.78, 5) is 5.38. The van der Waals surface area contributed by atoms with E-state index in [1.165, 1.54) is 17.8 Å². The minimum absolute atomic E-state index is 0.232. The number of hydrogen-bond acceptors (Lipinski definition) is 4. The predicted molar refractivity (Wildman–Crippen MR) is 81.9 cm³/mol. The summed E-state index contributed by atoms with van der Waals surface area (Å²) in [6.07, 6.45) is 0. The minimum Gasteiger partial charge on any atom is -0.431 e. The Morgan fingerprint density at radius 2 is 2.10 bits per heavy atom. The number of hydrogen-bond donors (Lipinski definition) is 1. The van der Waals surface area contributed by atoms with Gasteiger partial charge in [0, 0.05) is 11.4 Å². The Labute approximate surface area is 126 Å². The molecule has 0 saturated heterocycles. The number of nitrogens with zero attached hydrogens (tertiary/aromatic N) is 1. The molecule has 1 aromatic heterocycles. The molecule has 0 saturated carbocycles. The lowest BCUT2D eigenvalue weighted by Crippen LogP contribution is -2.12. The molecule has 1 heterocycles. The Morgan fingerprint density at radius 3 is 2.90 bits per heavy atom. The maximum atomic E-state index is 13.4. The van der Waals surface area contributed by atoms with E-state index in [-0.39, 0.29) is 5.82 Å². The van der Waals surface area contributed by atoms with Gasteiger partial charge in [-0.2, -0.15) is 0 Å². The molecule has 0 atom stereocenters. The molecule has 1 N–H and O–H groups in total. The zero-order valence-electron chi connectivity index (χ0n) is 11.6. The number of halogens is 1. The monoisotopic (exact) mass is 302 g/mol. The Morgan fingerprint density at radius 1 is 1.24 bits per heavy atom. The van der Waals surface area contributed by atoms with Crippen LogP contribution in [0.15, 0.2) is 57.0 Å². The van der Waals surface area contributed by atoms with Crippen molar-refractivity contribution < 1.29 is 8.81 Å². The lowest BCUT2D eigenvalue weighted by molar-refractivity contribution is 0.489. The molecule has 21 heavy (non-hydrogen) atoms. The number of oxazole rings is 1. The van der Waals surface area contributed by atoms with E-state index in [1.54, 1.807) is 12.1 Å². The van der Waals surface area contributed by atoms with Crippen molar-refractivity contribution in [3.63, 3.8) is 0 Å². The molecule has 3 rings (SSSR count). The topological polar surface area (TPSA) is 38.1 Å². The van der Waals surface area contributed by atoms with Crippen LogP contribution in [-0.4, -0.2) is 11.5 Å². The molecule has 108 valence electrons. The number of aromatic nitrogens is 1. The molecular weight excluding hydrogens is 287 g/mol. The standard InChI is InChI=1S/C16H15FN2OS/c1-2-18-10-11-9-12(17)7-8-15(11)21-16-19-13-5-3-4-6-14(13)20-16/h3-9,18H,2,10H2,1H3. The summed E-state index contributed by atoms with van der Waals surface area (Å²) in [7, 11) is 0. The number of fused-ring (bicyclic) bond motifs is 1. The minimum atomic E-state index is -0.232. The van der Waals surface area contributed by atoms with Gasteiger partial charge in [-0.3, -0.25) is 0 Å². The SMILES string of the molecule is CCNCc1cc(F)ccc1Sc1nc2ccccc2o1. The fourth-order valence-corrected chi connectivity index (χ4v) is 2.90. The lowest BCUT2D eigenvalue weighted by Gasteiger charge is -2.08. The van der Waals surface area contributed by atoms with Crippen molar-refractivity contribution in [1.82, 2.24) is 10.3 Å². The summed E-state index contributed by atoms with van der Waals surface area (Å²) >= 11 is 1.41. The third kappa shape index (κ3) is 3.25. The average Bonchev–Trinajstić information content (AvgIpc) is 2.89. The molecule has 0 spiro atoms. The Balaban J connectivity index is 1.89. The molecule has 0 aliphatic heterocycles. The first-order valence-electron chi connectivity index (χ1n) is 6.79. The van der Waals surface area contributed by atoms with E-state index in [9.17, 15) is 4.39 Å². The maximum Gasteiger partial charge on any atom is 0.261 e. The van der Waals surface area contributed by atoms with Crippen molar-refractivity contribution in [2.45, 2.75) is 23.6 Å². The molecule has 5 heteroatoms. The Kier molecular flexibility index (Phi) is 4.22. The van der Waals surface area contributed by atoms with Crippen LogP contribution < -0.4 is 5.32 Å². The fraction of sp³-hybridized carbons (Fsp3) is 0.188. The number of benzene rings is 2. The van der Waals surface area contributed by atoms with Crippen LogP contribution in [-0.2, 0) is 6.54 Å². The number of para-hydroxylation sites is 2. The van der Waals surface area contributed by atoms with Gasteiger partial charge in [-0.15, -0.1) is 0 Å². The second-order valence-corrected chi connectivity index (χ2v) is 5.58. The van der Waals surface area contributed by atoms with Crippen LogP contribution in [0.4, 0.5) is 4.39 Å². The summed E-state index contributed by atoms with van der Waals surface area (Å²) in [5.41, 5.74) is 2.50. The first kappa shape index (κ1) is 14.1. The second kappa shape index (κ2) is 6.28. The van der Waals surface area contributed by atoms with E-state index in [0.29, 0.717) is 11.8 Å². The highest BCUT2D eigenvalue weighted by Gasteiger charge is 2.11. The normalized spacial score (nSPS) is 11.1. The van der Waals surface area contributed by atoms with Gasteiger partial charge < -0.3 is 9.73 Å². The first-order valence-corrected chi connectivity index (χ1v) is 7.60. The number of nitrogens with one attached hydrogen (secondary N) is 1. The summed E-state index contributed by atoms with van der Waals surface area (Å²) in [6, 6.07) is 12.4. The third-order valence-electron chi connectivity index (χ3n) is 3.06. The Hall–Kier alpha value is -1.85. The van der Waals surface area contributed by atoms with Crippen molar-refractivity contribution in [3.05, 3.63) is 53.8 Å². The van der Waals surface area contributed by atoms with Crippen LogP contribution in [0.2, 0.25) is 0 Å². The third-order valence-corrected chi connectivity index (χ3v) is 4.03. The van der Waals surface area contributed by atoms with E-state index >= 15 is 0 Å². The summed E-state index contributed by atoms with van der Waals surface area (Å²) in [6.45, 7) is 3.48. The zero-order valence-corrected chi connectivity index (χ0v) is 12.4. The van der Waals surface area contributed by atoms with Gasteiger partial charge in [0.15, 0.2) is 5.58 Å². The molecule has 0 fully saturated rings. The van der Waals surface area contributed by atoms with Crippen molar-refractivity contribution in [1.29, 1.82) is 0 Å². The van der Waals surface area contributed by atoms with Gasteiger partial charge in [-0.05, 0) is 54.2 Å². The van der Waals surface area contributed by atoms with E-state index in [0.717, 1.165) is 28.1 Å². The van der Waals surface area contributed by atoms with Crippen molar-refractivity contribution in [2.75, 3.05) is 6.54 Å². The van der Waals surface area contributed by atoms with E-state index < -0.39 is 0 Å². The maximum absolute atomic E-state index is 13.4. The van der Waals surface area contributed by atoms with Crippen LogP contribution >= 0.6 is 11.8 Å². The second-order valence-electron chi connectivity index (χ2n) is 4.58. The Bertz CT molecular complexity index is 724. The molecule has 3 nitrogen and oxygen atoms in total. The molecular formula is C16H15FN2OS. The highest BCUT2D eigenvalue weighted by Crippen LogP contribution is 2.32. The lowest BCUT2D eigenvalue weighted by atomic mass is 10.2. The highest BCUT2D eigenvalue weighted by atomic mass is 32.2. The molecule has 3 aromatic rings. The highest BCUT2D eigenvalue weighted by molar-refractivity contribution is 7.99. The van der Waals surface area contributed by atoms with E-state index in [4.69, 9.17) is 4.42 Å². The van der Waals surface area contributed by atoms with Gasteiger partial charge in [0.1, 0.15) is 11.3 Å². The molecule has 0 aliphatic carbocycles. The van der Waals surface area contributed by atoms with Crippen LogP contribution in [0.25, 0.3) is 11.1 Å². The van der Waals surface area contributed by atoms with Crippen LogP contribution in [0.3, 0.4) is 0 Å². The first-order chi connectivity index (χ1) is 10.3. The van der Waals surface area contributed by atoms with Gasteiger partial charge in [-0.25, -0.2) is 9.37 Å². The summed E-state index contributed by atoms with van der Waals surface area (Å²) in [5, 5.41) is 3.78. The molecule has 2 aromatic carbocycles. The van der Waals surface area contributed by atoms with Crippen molar-refractivity contribution >= 4 is 22.9 Å². The average molecular weight is 302 g/mol. The molecule has 0 unspecified atom stereocenters. The van der Waals surface area contributed by atoms with Gasteiger partial charge in [-0.1, -0.05) is 19.1 Å². The molecule has 0 amide bonds. The quantitative estimate of drug-likeness (QED) is 0.765. The van der Waals surface area contributed by atoms with Crippen LogP contribution in [0, 0.1) is 5.82 Å². The van der Waals surface area contributed by atoms with Gasteiger partial charge in [0.05, 0.1) is 0 Å². The van der Waals surface area contributed by atoms with Gasteiger partial charge in [0.25, 0.3) is 5.22 Å². The van der Waals surface area contributed by atoms with Crippen LogP contribution in [0.5, 0.6) is 0 Å². The van der Waals surface area contributed by atoms with Crippen LogP contribution in [0.1, 0.15) is 12.5 Å². The van der Waals surface area contributed by atoms with Crippen molar-refractivity contribution in [2.24, 2.45) is 0 Å². The molecule has 0 bridgehead atoms. The molecule has 0 aliphatic rings. The van der Waals surface area contributed by atoms with E-state index in [1.807, 2.05) is 31.2 Å². The van der Waals surface area contributed by atoms with Gasteiger partial charge >= 0.3 is 0 Å². The number of rotatable bonds is 5.